The van der Waals surface area contributed by atoms with Gasteiger partial charge in [0.15, 0.2) is 0 Å². The van der Waals surface area contributed by atoms with Crippen LogP contribution in [0.25, 0.3) is 0 Å². The SMILES string of the molecule is CCCCOc1ccccc1C(=O)NC1CCC(C(C)(C)C)CC1. The fraction of sp³-hybridized carbons (Fsp3) is 0.667. The summed E-state index contributed by atoms with van der Waals surface area (Å²) >= 11 is 0. The summed E-state index contributed by atoms with van der Waals surface area (Å²) < 4.78 is 5.79. The molecule has 0 aliphatic heterocycles. The van der Waals surface area contributed by atoms with Crippen LogP contribution in [0.2, 0.25) is 0 Å². The smallest absolute Gasteiger partial charge is 0.255 e. The van der Waals surface area contributed by atoms with E-state index in [4.69, 9.17) is 4.74 Å². The highest BCUT2D eigenvalue weighted by Gasteiger charge is 2.30. The predicted octanol–water partition coefficient (Wildman–Crippen LogP) is 5.20. The number of para-hydroxylation sites is 1. The van der Waals surface area contributed by atoms with Crippen LogP contribution < -0.4 is 10.1 Å². The molecular weight excluding hydrogens is 298 g/mol. The maximum atomic E-state index is 12.7. The minimum Gasteiger partial charge on any atom is -0.493 e. The van der Waals surface area contributed by atoms with Crippen molar-refractivity contribution < 1.29 is 9.53 Å². The lowest BCUT2D eigenvalue weighted by atomic mass is 9.71. The van der Waals surface area contributed by atoms with Gasteiger partial charge in [0.1, 0.15) is 5.75 Å². The molecular formula is C21H33NO2. The van der Waals surface area contributed by atoms with Crippen molar-refractivity contribution in [2.45, 2.75) is 72.3 Å². The van der Waals surface area contributed by atoms with Crippen molar-refractivity contribution in [2.75, 3.05) is 6.61 Å². The number of nitrogens with one attached hydrogen (secondary N) is 1. The van der Waals surface area contributed by atoms with Crippen molar-refractivity contribution in [3.63, 3.8) is 0 Å². The normalized spacial score (nSPS) is 21.3. The van der Waals surface area contributed by atoms with Gasteiger partial charge in [0.05, 0.1) is 12.2 Å². The lowest BCUT2D eigenvalue weighted by molar-refractivity contribution is 0.0900. The van der Waals surface area contributed by atoms with Gasteiger partial charge in [-0.05, 0) is 55.6 Å². The van der Waals surface area contributed by atoms with Crippen molar-refractivity contribution in [1.82, 2.24) is 5.32 Å². The Kier molecular flexibility index (Phi) is 6.70. The van der Waals surface area contributed by atoms with Gasteiger partial charge in [-0.3, -0.25) is 4.79 Å². The van der Waals surface area contributed by atoms with Crippen molar-refractivity contribution in [1.29, 1.82) is 0 Å². The highest BCUT2D eigenvalue weighted by atomic mass is 16.5. The van der Waals surface area contributed by atoms with E-state index < -0.39 is 0 Å². The molecule has 0 saturated heterocycles. The molecule has 1 aliphatic carbocycles. The molecule has 1 aromatic carbocycles. The summed E-state index contributed by atoms with van der Waals surface area (Å²) in [5, 5.41) is 3.22. The standard InChI is InChI=1S/C21H33NO2/c1-5-6-15-24-19-10-8-7-9-18(19)20(23)22-17-13-11-16(12-14-17)21(2,3)4/h7-10,16-17H,5-6,11-15H2,1-4H3,(H,22,23). The molecule has 0 spiro atoms. The zero-order valence-electron chi connectivity index (χ0n) is 15.7. The minimum atomic E-state index is 0.00121. The van der Waals surface area contributed by atoms with Crippen LogP contribution in [0.15, 0.2) is 24.3 Å². The Bertz CT molecular complexity index is 525. The summed E-state index contributed by atoms with van der Waals surface area (Å²) in [6.45, 7) is 9.76. The van der Waals surface area contributed by atoms with Gasteiger partial charge in [0.2, 0.25) is 0 Å². The highest BCUT2D eigenvalue weighted by Crippen LogP contribution is 2.37. The first-order valence-corrected chi connectivity index (χ1v) is 9.44. The number of rotatable bonds is 6. The number of unbranched alkanes of at least 4 members (excludes halogenated alkanes) is 1. The summed E-state index contributed by atoms with van der Waals surface area (Å²) in [7, 11) is 0. The summed E-state index contributed by atoms with van der Waals surface area (Å²) in [6, 6.07) is 7.86. The van der Waals surface area contributed by atoms with E-state index in [2.05, 4.69) is 33.0 Å². The van der Waals surface area contributed by atoms with E-state index in [1.165, 1.54) is 12.8 Å². The topological polar surface area (TPSA) is 38.3 Å². The third-order valence-corrected chi connectivity index (χ3v) is 5.17. The Labute approximate surface area is 147 Å². The van der Waals surface area contributed by atoms with Gasteiger partial charge in [-0.1, -0.05) is 46.2 Å². The molecule has 0 aromatic heterocycles. The van der Waals surface area contributed by atoms with Crippen LogP contribution >= 0.6 is 0 Å². The lowest BCUT2D eigenvalue weighted by Crippen LogP contribution is -2.39. The van der Waals surface area contributed by atoms with Crippen molar-refractivity contribution >= 4 is 5.91 Å². The molecule has 0 radical (unpaired) electrons. The summed E-state index contributed by atoms with van der Waals surface area (Å²) in [4.78, 5) is 12.7. The molecule has 0 bridgehead atoms. The lowest BCUT2D eigenvalue weighted by Gasteiger charge is -2.37. The highest BCUT2D eigenvalue weighted by molar-refractivity contribution is 5.97. The molecule has 1 aromatic rings. The number of benzene rings is 1. The van der Waals surface area contributed by atoms with Crippen LogP contribution in [0.5, 0.6) is 5.75 Å². The van der Waals surface area contributed by atoms with E-state index in [1.807, 2.05) is 24.3 Å². The van der Waals surface area contributed by atoms with Gasteiger partial charge in [0, 0.05) is 6.04 Å². The maximum absolute atomic E-state index is 12.7. The second-order valence-electron chi connectivity index (χ2n) is 8.09. The van der Waals surface area contributed by atoms with Crippen LogP contribution in [0.3, 0.4) is 0 Å². The quantitative estimate of drug-likeness (QED) is 0.728. The monoisotopic (exact) mass is 331 g/mol. The average Bonchev–Trinajstić information content (AvgIpc) is 2.55. The van der Waals surface area contributed by atoms with Gasteiger partial charge in [0.25, 0.3) is 5.91 Å². The first-order valence-electron chi connectivity index (χ1n) is 9.44. The van der Waals surface area contributed by atoms with Crippen molar-refractivity contribution in [3.05, 3.63) is 29.8 Å². The number of hydrogen-bond acceptors (Lipinski definition) is 2. The third-order valence-electron chi connectivity index (χ3n) is 5.17. The van der Waals surface area contributed by atoms with Crippen LogP contribution in [0.1, 0.15) is 76.6 Å². The van der Waals surface area contributed by atoms with E-state index in [1.54, 1.807) is 0 Å². The van der Waals surface area contributed by atoms with Gasteiger partial charge in [-0.2, -0.15) is 0 Å². The Balaban J connectivity index is 1.91. The largest absolute Gasteiger partial charge is 0.493 e. The molecule has 24 heavy (non-hydrogen) atoms. The molecule has 3 nitrogen and oxygen atoms in total. The summed E-state index contributed by atoms with van der Waals surface area (Å²) in [5.41, 5.74) is 1.03. The van der Waals surface area contributed by atoms with Gasteiger partial charge in [-0.15, -0.1) is 0 Å². The fourth-order valence-electron chi connectivity index (χ4n) is 3.47. The van der Waals surface area contributed by atoms with Crippen LogP contribution in [0.4, 0.5) is 0 Å². The van der Waals surface area contributed by atoms with Crippen LogP contribution in [-0.2, 0) is 0 Å². The Morgan fingerprint density at radius 1 is 1.17 bits per heavy atom. The van der Waals surface area contributed by atoms with E-state index in [0.717, 1.165) is 31.6 Å². The molecule has 0 unspecified atom stereocenters. The van der Waals surface area contributed by atoms with E-state index >= 15 is 0 Å². The Hall–Kier alpha value is -1.51. The van der Waals surface area contributed by atoms with Crippen LogP contribution in [0, 0.1) is 11.3 Å². The second kappa shape index (κ2) is 8.55. The molecule has 1 saturated carbocycles. The Morgan fingerprint density at radius 2 is 1.83 bits per heavy atom. The first kappa shape index (κ1) is 18.8. The molecule has 2 rings (SSSR count). The first-order chi connectivity index (χ1) is 11.4. The minimum absolute atomic E-state index is 0.00121. The van der Waals surface area contributed by atoms with Gasteiger partial charge < -0.3 is 10.1 Å². The maximum Gasteiger partial charge on any atom is 0.255 e. The summed E-state index contributed by atoms with van der Waals surface area (Å²) in [6.07, 6.45) is 6.64. The van der Waals surface area contributed by atoms with E-state index in [-0.39, 0.29) is 5.91 Å². The molecule has 1 fully saturated rings. The van der Waals surface area contributed by atoms with E-state index in [0.29, 0.717) is 29.4 Å². The molecule has 0 atom stereocenters. The zero-order chi connectivity index (χ0) is 17.6. The van der Waals surface area contributed by atoms with Crippen molar-refractivity contribution in [2.24, 2.45) is 11.3 Å². The predicted molar refractivity (Wildman–Crippen MR) is 99.5 cm³/mol. The van der Waals surface area contributed by atoms with Gasteiger partial charge in [-0.25, -0.2) is 0 Å². The van der Waals surface area contributed by atoms with Crippen LogP contribution in [-0.4, -0.2) is 18.6 Å². The third kappa shape index (κ3) is 5.25. The molecule has 0 heterocycles. The molecule has 3 heteroatoms. The molecule has 1 aliphatic rings. The number of carbonyl (C=O) groups is 1. The second-order valence-corrected chi connectivity index (χ2v) is 8.09. The zero-order valence-corrected chi connectivity index (χ0v) is 15.7. The molecule has 1 amide bonds. The number of ether oxygens (including phenoxy) is 1. The number of hydrogen-bond donors (Lipinski definition) is 1. The average molecular weight is 332 g/mol. The van der Waals surface area contributed by atoms with E-state index in [9.17, 15) is 4.79 Å². The fourth-order valence-corrected chi connectivity index (χ4v) is 3.47. The van der Waals surface area contributed by atoms with Crippen molar-refractivity contribution in [3.8, 4) is 5.75 Å². The molecule has 1 N–H and O–H groups in total. The Morgan fingerprint density at radius 3 is 2.46 bits per heavy atom. The number of carbonyl (C=O) groups excluding carboxylic acids is 1. The summed E-state index contributed by atoms with van der Waals surface area (Å²) in [5.74, 6) is 1.46. The number of amides is 1. The molecule has 134 valence electrons. The van der Waals surface area contributed by atoms with Gasteiger partial charge >= 0.3 is 0 Å².